The number of aryl methyl sites for hydroxylation is 2. The molecule has 0 saturated heterocycles. The van der Waals surface area contributed by atoms with E-state index >= 15 is 0 Å². The predicted octanol–water partition coefficient (Wildman–Crippen LogP) is 2.79. The molecule has 0 unspecified atom stereocenters. The van der Waals surface area contributed by atoms with Gasteiger partial charge in [-0.2, -0.15) is 0 Å². The topological polar surface area (TPSA) is 122 Å². The first kappa shape index (κ1) is 26.6. The Morgan fingerprint density at radius 2 is 1.61 bits per heavy atom. The van der Waals surface area contributed by atoms with Crippen LogP contribution >= 0.6 is 0 Å². The van der Waals surface area contributed by atoms with Gasteiger partial charge in [-0.05, 0) is 76.1 Å². The minimum absolute atomic E-state index is 0.0610. The number of nitrogens with zero attached hydrogens (tertiary/aromatic N) is 1. The van der Waals surface area contributed by atoms with Crippen LogP contribution in [0.3, 0.4) is 0 Å². The Morgan fingerprint density at radius 1 is 0.970 bits per heavy atom. The molecule has 0 aliphatic heterocycles. The van der Waals surface area contributed by atoms with Gasteiger partial charge in [-0.15, -0.1) is 0 Å². The summed E-state index contributed by atoms with van der Waals surface area (Å²) in [7, 11) is -6.25. The van der Waals surface area contributed by atoms with Crippen LogP contribution in [0.15, 0.2) is 41.3 Å². The summed E-state index contributed by atoms with van der Waals surface area (Å²) < 4.78 is 59.0. The number of nitrogens with one attached hydrogen (secondary N) is 2. The highest BCUT2D eigenvalue weighted by Gasteiger charge is 2.30. The lowest BCUT2D eigenvalue weighted by Crippen LogP contribution is -2.45. The van der Waals surface area contributed by atoms with E-state index in [1.165, 1.54) is 32.2 Å². The predicted molar refractivity (Wildman–Crippen MR) is 130 cm³/mol. The number of amides is 1. The van der Waals surface area contributed by atoms with Crippen LogP contribution in [-0.4, -0.2) is 48.2 Å². The molecule has 9 nitrogen and oxygen atoms in total. The summed E-state index contributed by atoms with van der Waals surface area (Å²) in [5, 5.41) is 2.61. The zero-order chi connectivity index (χ0) is 25.1. The van der Waals surface area contributed by atoms with Crippen molar-refractivity contribution in [3.8, 4) is 5.75 Å². The van der Waals surface area contributed by atoms with Crippen LogP contribution in [0.2, 0.25) is 0 Å². The number of anilines is 2. The zero-order valence-electron chi connectivity index (χ0n) is 19.8. The van der Waals surface area contributed by atoms with Crippen molar-refractivity contribution < 1.29 is 26.4 Å². The minimum atomic E-state index is -3.82. The number of methoxy groups -OCH3 is 1. The van der Waals surface area contributed by atoms with Gasteiger partial charge < -0.3 is 10.1 Å². The van der Waals surface area contributed by atoms with Crippen LogP contribution in [0, 0.1) is 13.8 Å². The lowest BCUT2D eigenvalue weighted by Gasteiger charge is -2.29. The molecule has 0 bridgehead atoms. The van der Waals surface area contributed by atoms with Gasteiger partial charge in [0.15, 0.2) is 0 Å². The molecular formula is C22H31N3O6S2. The number of rotatable bonds is 9. The second-order valence-electron chi connectivity index (χ2n) is 8.13. The zero-order valence-corrected chi connectivity index (χ0v) is 21.5. The number of carbonyl (C=O) groups excluding carboxylic acids is 1. The van der Waals surface area contributed by atoms with Gasteiger partial charge in [0.25, 0.3) is 0 Å². The van der Waals surface area contributed by atoms with E-state index in [0.29, 0.717) is 5.69 Å². The smallest absolute Gasteiger partial charge is 0.248 e. The third-order valence-corrected chi connectivity index (χ3v) is 7.86. The lowest BCUT2D eigenvalue weighted by atomic mass is 10.1. The van der Waals surface area contributed by atoms with Gasteiger partial charge in [0, 0.05) is 6.04 Å². The standard InChI is InChI=1S/C22H31N3O6S2/c1-14(2)24-33(29,30)19-10-11-21(31-6)20(13-19)23-22(26)17(5)25(32(7,27)28)18-9-8-15(3)16(4)12-18/h8-14,17,24H,1-7H3,(H,23,26)/t17-/m1/s1. The molecule has 11 heteroatoms. The Hall–Kier alpha value is -2.63. The number of ether oxygens (including phenoxy) is 1. The fourth-order valence-corrected chi connectivity index (χ4v) is 5.68. The molecule has 0 saturated carbocycles. The van der Waals surface area contributed by atoms with Gasteiger partial charge in [-0.25, -0.2) is 21.6 Å². The van der Waals surface area contributed by atoms with Gasteiger partial charge in [0.1, 0.15) is 11.8 Å². The van der Waals surface area contributed by atoms with Gasteiger partial charge in [-0.3, -0.25) is 9.10 Å². The molecule has 0 fully saturated rings. The second kappa shape index (κ2) is 10.1. The Labute approximate surface area is 196 Å². The van der Waals surface area contributed by atoms with Crippen LogP contribution in [0.4, 0.5) is 11.4 Å². The van der Waals surface area contributed by atoms with E-state index in [2.05, 4.69) is 10.0 Å². The molecule has 1 atom stereocenters. The average molecular weight is 498 g/mol. The van der Waals surface area contributed by atoms with E-state index in [1.54, 1.807) is 32.0 Å². The fraction of sp³-hybridized carbons (Fsp3) is 0.409. The van der Waals surface area contributed by atoms with Crippen molar-refractivity contribution in [1.29, 1.82) is 0 Å². The lowest BCUT2D eigenvalue weighted by molar-refractivity contribution is -0.116. The highest BCUT2D eigenvalue weighted by molar-refractivity contribution is 7.92. The minimum Gasteiger partial charge on any atom is -0.495 e. The van der Waals surface area contributed by atoms with Gasteiger partial charge in [0.05, 0.1) is 29.6 Å². The maximum absolute atomic E-state index is 13.1. The quantitative estimate of drug-likeness (QED) is 0.549. The normalized spacial score (nSPS) is 13.0. The van der Waals surface area contributed by atoms with Crippen molar-refractivity contribution in [2.45, 2.75) is 51.6 Å². The molecule has 2 N–H and O–H groups in total. The number of sulfonamides is 2. The maximum atomic E-state index is 13.1. The number of benzene rings is 2. The molecule has 0 heterocycles. The maximum Gasteiger partial charge on any atom is 0.248 e. The van der Waals surface area contributed by atoms with Gasteiger partial charge >= 0.3 is 0 Å². The monoisotopic (exact) mass is 497 g/mol. The Bertz CT molecular complexity index is 1240. The molecular weight excluding hydrogens is 466 g/mol. The summed E-state index contributed by atoms with van der Waals surface area (Å²) in [4.78, 5) is 13.0. The Morgan fingerprint density at radius 3 is 2.12 bits per heavy atom. The summed E-state index contributed by atoms with van der Waals surface area (Å²) in [5.74, 6) is -0.417. The number of carbonyl (C=O) groups is 1. The average Bonchev–Trinajstić information content (AvgIpc) is 2.68. The van der Waals surface area contributed by atoms with E-state index in [4.69, 9.17) is 4.74 Å². The van der Waals surface area contributed by atoms with Crippen molar-refractivity contribution in [1.82, 2.24) is 4.72 Å². The third kappa shape index (κ3) is 6.46. The molecule has 182 valence electrons. The summed E-state index contributed by atoms with van der Waals surface area (Å²) in [5.41, 5.74) is 2.33. The molecule has 33 heavy (non-hydrogen) atoms. The number of hydrogen-bond donors (Lipinski definition) is 2. The van der Waals surface area contributed by atoms with Crippen molar-refractivity contribution in [2.24, 2.45) is 0 Å². The van der Waals surface area contributed by atoms with Crippen LogP contribution in [0.5, 0.6) is 5.75 Å². The summed E-state index contributed by atoms with van der Waals surface area (Å²) in [6.07, 6.45) is 1.03. The fourth-order valence-electron chi connectivity index (χ4n) is 3.24. The molecule has 2 aromatic rings. The SMILES string of the molecule is COc1ccc(S(=O)(=O)NC(C)C)cc1NC(=O)[C@@H](C)N(c1ccc(C)c(C)c1)S(C)(=O)=O. The summed E-state index contributed by atoms with van der Waals surface area (Å²) in [6, 6.07) is 7.73. The Balaban J connectivity index is 2.44. The molecule has 0 spiro atoms. The third-order valence-electron chi connectivity index (χ3n) is 4.96. The van der Waals surface area contributed by atoms with Gasteiger partial charge in [-0.1, -0.05) is 6.07 Å². The molecule has 0 aromatic heterocycles. The van der Waals surface area contributed by atoms with Crippen molar-refractivity contribution >= 4 is 37.3 Å². The second-order valence-corrected chi connectivity index (χ2v) is 11.7. The first-order chi connectivity index (χ1) is 15.2. The summed E-state index contributed by atoms with van der Waals surface area (Å²) in [6.45, 7) is 8.60. The first-order valence-electron chi connectivity index (χ1n) is 10.2. The molecule has 0 radical (unpaired) electrons. The van der Waals surface area contributed by atoms with Crippen LogP contribution < -0.4 is 19.1 Å². The molecule has 2 rings (SSSR count). The van der Waals surface area contributed by atoms with Crippen molar-refractivity contribution in [3.05, 3.63) is 47.5 Å². The summed E-state index contributed by atoms with van der Waals surface area (Å²) >= 11 is 0. The molecule has 2 aromatic carbocycles. The molecule has 1 amide bonds. The first-order valence-corrected chi connectivity index (χ1v) is 13.6. The van der Waals surface area contributed by atoms with E-state index in [1.807, 2.05) is 13.8 Å². The molecule has 0 aliphatic carbocycles. The Kier molecular flexibility index (Phi) is 8.15. The largest absolute Gasteiger partial charge is 0.495 e. The van der Waals surface area contributed by atoms with Gasteiger partial charge in [0.2, 0.25) is 26.0 Å². The highest BCUT2D eigenvalue weighted by atomic mass is 32.2. The van der Waals surface area contributed by atoms with Crippen LogP contribution in [0.1, 0.15) is 31.9 Å². The van der Waals surface area contributed by atoms with E-state index in [0.717, 1.165) is 21.7 Å². The number of hydrogen-bond acceptors (Lipinski definition) is 6. The highest BCUT2D eigenvalue weighted by Crippen LogP contribution is 2.29. The van der Waals surface area contributed by atoms with E-state index < -0.39 is 32.0 Å². The van der Waals surface area contributed by atoms with Crippen molar-refractivity contribution in [2.75, 3.05) is 23.0 Å². The van der Waals surface area contributed by atoms with E-state index in [-0.39, 0.29) is 22.4 Å². The van der Waals surface area contributed by atoms with Crippen LogP contribution in [0.25, 0.3) is 0 Å². The van der Waals surface area contributed by atoms with Crippen molar-refractivity contribution in [3.63, 3.8) is 0 Å². The van der Waals surface area contributed by atoms with E-state index in [9.17, 15) is 21.6 Å². The molecule has 0 aliphatic rings. The van der Waals surface area contributed by atoms with Crippen LogP contribution in [-0.2, 0) is 24.8 Å².